The van der Waals surface area contributed by atoms with Crippen LogP contribution >= 0.6 is 0 Å². The van der Waals surface area contributed by atoms with Crippen LogP contribution in [0, 0.1) is 11.8 Å². The molecule has 0 saturated heterocycles. The monoisotopic (exact) mass is 258 g/mol. The molecule has 4 nitrogen and oxygen atoms in total. The summed E-state index contributed by atoms with van der Waals surface area (Å²) < 4.78 is 9.40. The first-order chi connectivity index (χ1) is 8.51. The van der Waals surface area contributed by atoms with Gasteiger partial charge in [0.1, 0.15) is 0 Å². The molecule has 0 aliphatic rings. The number of esters is 2. The molecule has 0 saturated carbocycles. The number of hydrogen-bond donors (Lipinski definition) is 0. The summed E-state index contributed by atoms with van der Waals surface area (Å²) in [5, 5.41) is 0. The SMILES string of the molecule is CCCC(C)CC(C)CCOC(=O)C(=O)OCC. The number of carbonyl (C=O) groups excluding carboxylic acids is 2. The molecule has 0 aliphatic heterocycles. The average molecular weight is 258 g/mol. The summed E-state index contributed by atoms with van der Waals surface area (Å²) >= 11 is 0. The van der Waals surface area contributed by atoms with Crippen LogP contribution in [0.25, 0.3) is 0 Å². The van der Waals surface area contributed by atoms with Gasteiger partial charge in [0.25, 0.3) is 0 Å². The van der Waals surface area contributed by atoms with Crippen molar-refractivity contribution in [1.29, 1.82) is 0 Å². The molecule has 4 heteroatoms. The van der Waals surface area contributed by atoms with Crippen molar-refractivity contribution in [3.63, 3.8) is 0 Å². The van der Waals surface area contributed by atoms with E-state index in [1.165, 1.54) is 12.8 Å². The van der Waals surface area contributed by atoms with Gasteiger partial charge >= 0.3 is 11.9 Å². The van der Waals surface area contributed by atoms with Gasteiger partial charge in [0.15, 0.2) is 0 Å². The van der Waals surface area contributed by atoms with Crippen molar-refractivity contribution in [3.8, 4) is 0 Å². The maximum atomic E-state index is 11.1. The molecule has 0 heterocycles. The average Bonchev–Trinajstić information content (AvgIpc) is 2.29. The lowest BCUT2D eigenvalue weighted by Gasteiger charge is -2.16. The van der Waals surface area contributed by atoms with Crippen molar-refractivity contribution in [1.82, 2.24) is 0 Å². The smallest absolute Gasteiger partial charge is 0.417 e. The maximum absolute atomic E-state index is 11.1. The largest absolute Gasteiger partial charge is 0.458 e. The van der Waals surface area contributed by atoms with Crippen molar-refractivity contribution in [2.45, 2.75) is 53.4 Å². The highest BCUT2D eigenvalue weighted by atomic mass is 16.6. The molecule has 0 fully saturated rings. The number of ether oxygens (including phenoxy) is 2. The van der Waals surface area contributed by atoms with Crippen LogP contribution in [0.4, 0.5) is 0 Å². The number of rotatable bonds is 8. The van der Waals surface area contributed by atoms with E-state index in [0.29, 0.717) is 11.8 Å². The van der Waals surface area contributed by atoms with E-state index in [0.717, 1.165) is 12.8 Å². The van der Waals surface area contributed by atoms with E-state index in [1.807, 2.05) is 0 Å². The van der Waals surface area contributed by atoms with Gasteiger partial charge < -0.3 is 9.47 Å². The summed E-state index contributed by atoms with van der Waals surface area (Å²) in [5.41, 5.74) is 0. The molecule has 0 aromatic heterocycles. The maximum Gasteiger partial charge on any atom is 0.417 e. The van der Waals surface area contributed by atoms with E-state index in [4.69, 9.17) is 4.74 Å². The molecule has 2 atom stereocenters. The Morgan fingerprint density at radius 2 is 1.50 bits per heavy atom. The second-order valence-electron chi connectivity index (χ2n) is 4.88. The van der Waals surface area contributed by atoms with E-state index in [2.05, 4.69) is 25.5 Å². The predicted octanol–water partition coefficient (Wildman–Crippen LogP) is 2.95. The third-order valence-electron chi connectivity index (χ3n) is 2.87. The standard InChI is InChI=1S/C14H26O4/c1-5-7-11(3)10-12(4)8-9-18-14(16)13(15)17-6-2/h11-12H,5-10H2,1-4H3. The molecular weight excluding hydrogens is 232 g/mol. The third kappa shape index (κ3) is 8.09. The van der Waals surface area contributed by atoms with Crippen molar-refractivity contribution in [2.24, 2.45) is 11.8 Å². The van der Waals surface area contributed by atoms with Gasteiger partial charge in [-0.3, -0.25) is 0 Å². The van der Waals surface area contributed by atoms with E-state index in [1.54, 1.807) is 6.92 Å². The van der Waals surface area contributed by atoms with Gasteiger partial charge in [0.05, 0.1) is 13.2 Å². The number of carbonyl (C=O) groups is 2. The van der Waals surface area contributed by atoms with Crippen molar-refractivity contribution in [3.05, 3.63) is 0 Å². The summed E-state index contributed by atoms with van der Waals surface area (Å²) in [4.78, 5) is 22.1. The molecule has 106 valence electrons. The zero-order chi connectivity index (χ0) is 14.0. The Bertz CT molecular complexity index is 250. The predicted molar refractivity (Wildman–Crippen MR) is 70.1 cm³/mol. The first-order valence-electron chi connectivity index (χ1n) is 6.85. The van der Waals surface area contributed by atoms with Crippen LogP contribution in [-0.4, -0.2) is 25.2 Å². The molecular formula is C14H26O4. The zero-order valence-corrected chi connectivity index (χ0v) is 12.0. The molecule has 0 aromatic rings. The number of hydrogen-bond acceptors (Lipinski definition) is 4. The van der Waals surface area contributed by atoms with Crippen LogP contribution in [0.1, 0.15) is 53.4 Å². The Morgan fingerprint density at radius 1 is 0.944 bits per heavy atom. The Morgan fingerprint density at radius 3 is 2.06 bits per heavy atom. The fraction of sp³-hybridized carbons (Fsp3) is 0.857. The molecule has 0 spiro atoms. The summed E-state index contributed by atoms with van der Waals surface area (Å²) in [6.07, 6.45) is 4.35. The third-order valence-corrected chi connectivity index (χ3v) is 2.87. The molecule has 0 N–H and O–H groups in total. The Hall–Kier alpha value is -1.06. The second kappa shape index (κ2) is 9.92. The van der Waals surface area contributed by atoms with Crippen LogP contribution in [0.15, 0.2) is 0 Å². The van der Waals surface area contributed by atoms with E-state index >= 15 is 0 Å². The minimum Gasteiger partial charge on any atom is -0.458 e. The van der Waals surface area contributed by atoms with Gasteiger partial charge in [-0.1, -0.05) is 33.6 Å². The minimum atomic E-state index is -0.899. The van der Waals surface area contributed by atoms with Gasteiger partial charge in [-0.25, -0.2) is 9.59 Å². The highest BCUT2D eigenvalue weighted by molar-refractivity contribution is 6.29. The van der Waals surface area contributed by atoms with Crippen molar-refractivity contribution >= 4 is 11.9 Å². The molecule has 0 radical (unpaired) electrons. The van der Waals surface area contributed by atoms with Gasteiger partial charge in [-0.05, 0) is 31.6 Å². The summed E-state index contributed by atoms with van der Waals surface area (Å²) in [5.74, 6) is -0.581. The summed E-state index contributed by atoms with van der Waals surface area (Å²) in [6.45, 7) is 8.70. The van der Waals surface area contributed by atoms with E-state index < -0.39 is 11.9 Å². The first-order valence-corrected chi connectivity index (χ1v) is 6.85. The highest BCUT2D eigenvalue weighted by Gasteiger charge is 2.17. The van der Waals surface area contributed by atoms with Crippen LogP contribution < -0.4 is 0 Å². The topological polar surface area (TPSA) is 52.6 Å². The van der Waals surface area contributed by atoms with Crippen LogP contribution in [0.5, 0.6) is 0 Å². The molecule has 0 aliphatic carbocycles. The lowest BCUT2D eigenvalue weighted by atomic mass is 9.92. The summed E-state index contributed by atoms with van der Waals surface area (Å²) in [7, 11) is 0. The Labute approximate surface area is 110 Å². The molecule has 2 unspecified atom stereocenters. The molecule has 0 bridgehead atoms. The lowest BCUT2D eigenvalue weighted by molar-refractivity contribution is -0.167. The summed E-state index contributed by atoms with van der Waals surface area (Å²) in [6, 6.07) is 0. The van der Waals surface area contributed by atoms with Crippen LogP contribution in [-0.2, 0) is 19.1 Å². The molecule has 18 heavy (non-hydrogen) atoms. The van der Waals surface area contributed by atoms with Crippen LogP contribution in [0.3, 0.4) is 0 Å². The fourth-order valence-corrected chi connectivity index (χ4v) is 2.02. The highest BCUT2D eigenvalue weighted by Crippen LogP contribution is 2.18. The first kappa shape index (κ1) is 16.9. The quantitative estimate of drug-likeness (QED) is 0.496. The molecule has 0 rings (SSSR count). The lowest BCUT2D eigenvalue weighted by Crippen LogP contribution is -2.21. The Kier molecular flexibility index (Phi) is 9.33. The van der Waals surface area contributed by atoms with Gasteiger partial charge in [0.2, 0.25) is 0 Å². The van der Waals surface area contributed by atoms with Gasteiger partial charge in [-0.2, -0.15) is 0 Å². The molecule has 0 amide bonds. The zero-order valence-electron chi connectivity index (χ0n) is 12.0. The fourth-order valence-electron chi connectivity index (χ4n) is 2.02. The second-order valence-corrected chi connectivity index (χ2v) is 4.88. The molecule has 0 aromatic carbocycles. The van der Waals surface area contributed by atoms with E-state index in [-0.39, 0.29) is 13.2 Å². The van der Waals surface area contributed by atoms with E-state index in [9.17, 15) is 9.59 Å². The van der Waals surface area contributed by atoms with Gasteiger partial charge in [0, 0.05) is 0 Å². The normalized spacial score (nSPS) is 13.8. The van der Waals surface area contributed by atoms with Crippen molar-refractivity contribution < 1.29 is 19.1 Å². The van der Waals surface area contributed by atoms with Crippen molar-refractivity contribution in [2.75, 3.05) is 13.2 Å². The minimum absolute atomic E-state index is 0.193. The Balaban J connectivity index is 3.70. The van der Waals surface area contributed by atoms with Gasteiger partial charge in [-0.15, -0.1) is 0 Å². The van der Waals surface area contributed by atoms with Crippen LogP contribution in [0.2, 0.25) is 0 Å².